The molecule has 108 valence electrons. The molecule has 1 heterocycles. The summed E-state index contributed by atoms with van der Waals surface area (Å²) in [4.78, 5) is 24.9. The van der Waals surface area contributed by atoms with Crippen molar-refractivity contribution in [1.29, 1.82) is 0 Å². The van der Waals surface area contributed by atoms with Gasteiger partial charge in [0.1, 0.15) is 0 Å². The van der Waals surface area contributed by atoms with Crippen LogP contribution in [0.4, 0.5) is 0 Å². The fourth-order valence-corrected chi connectivity index (χ4v) is 3.19. The first-order chi connectivity index (χ1) is 9.97. The molecule has 0 radical (unpaired) electrons. The third kappa shape index (κ3) is 1.87. The monoisotopic (exact) mass is 347 g/mol. The van der Waals surface area contributed by atoms with Crippen LogP contribution in [0.3, 0.4) is 0 Å². The van der Waals surface area contributed by atoms with Crippen LogP contribution in [-0.2, 0) is 11.8 Å². The molecule has 0 unspecified atom stereocenters. The van der Waals surface area contributed by atoms with E-state index in [0.717, 1.165) is 15.7 Å². The van der Waals surface area contributed by atoms with Crippen molar-refractivity contribution in [3.63, 3.8) is 0 Å². The Kier molecular flexibility index (Phi) is 3.24. The molecule has 3 rings (SSSR count). The molecule has 0 atom stereocenters. The molecular formula is C16H14BrNO3. The Hall–Kier alpha value is -1.88. The molecule has 2 aromatic rings. The summed E-state index contributed by atoms with van der Waals surface area (Å²) in [6.07, 6.45) is 0. The van der Waals surface area contributed by atoms with Gasteiger partial charge in [0.15, 0.2) is 0 Å². The van der Waals surface area contributed by atoms with Crippen molar-refractivity contribution in [1.82, 2.24) is 4.57 Å². The number of aromatic nitrogens is 1. The van der Waals surface area contributed by atoms with Crippen LogP contribution in [-0.4, -0.2) is 22.9 Å². The zero-order valence-electron chi connectivity index (χ0n) is 12.0. The maximum atomic E-state index is 12.6. The fraction of sp³-hybridized carbons (Fsp3) is 0.250. The standard InChI is InChI=1S/C16H14BrNO3/c1-4-21-16(20)12-8(2)18(3)14-13(12)11-7-9(17)5-6-10(11)15(14)19/h5-7H,4H2,1-3H3. The number of esters is 1. The van der Waals surface area contributed by atoms with Crippen LogP contribution in [0, 0.1) is 6.92 Å². The van der Waals surface area contributed by atoms with Gasteiger partial charge in [-0.2, -0.15) is 0 Å². The third-order valence-corrected chi connectivity index (χ3v) is 4.37. The van der Waals surface area contributed by atoms with Crippen LogP contribution < -0.4 is 0 Å². The lowest BCUT2D eigenvalue weighted by atomic mass is 10.0. The second-order valence-electron chi connectivity index (χ2n) is 4.98. The smallest absolute Gasteiger partial charge is 0.340 e. The van der Waals surface area contributed by atoms with Gasteiger partial charge in [-0.15, -0.1) is 0 Å². The van der Waals surface area contributed by atoms with Crippen molar-refractivity contribution in [2.45, 2.75) is 13.8 Å². The van der Waals surface area contributed by atoms with Crippen LogP contribution in [0.2, 0.25) is 0 Å². The number of nitrogens with zero attached hydrogens (tertiary/aromatic N) is 1. The van der Waals surface area contributed by atoms with E-state index in [0.29, 0.717) is 29.0 Å². The van der Waals surface area contributed by atoms with Gasteiger partial charge in [-0.3, -0.25) is 4.79 Å². The average molecular weight is 348 g/mol. The maximum Gasteiger partial charge on any atom is 0.340 e. The molecule has 0 saturated carbocycles. The second kappa shape index (κ2) is 4.84. The normalized spacial score (nSPS) is 12.3. The predicted molar refractivity (Wildman–Crippen MR) is 82.7 cm³/mol. The van der Waals surface area contributed by atoms with Gasteiger partial charge in [0.2, 0.25) is 5.78 Å². The van der Waals surface area contributed by atoms with E-state index in [1.807, 2.05) is 19.1 Å². The molecular weight excluding hydrogens is 334 g/mol. The van der Waals surface area contributed by atoms with Gasteiger partial charge in [-0.1, -0.05) is 15.9 Å². The zero-order valence-corrected chi connectivity index (χ0v) is 13.6. The van der Waals surface area contributed by atoms with Gasteiger partial charge in [-0.05, 0) is 37.6 Å². The number of hydrogen-bond donors (Lipinski definition) is 0. The molecule has 0 amide bonds. The van der Waals surface area contributed by atoms with Gasteiger partial charge < -0.3 is 9.30 Å². The van der Waals surface area contributed by atoms with E-state index in [1.54, 1.807) is 24.6 Å². The molecule has 0 saturated heterocycles. The Morgan fingerprint density at radius 2 is 2.05 bits per heavy atom. The number of carbonyl (C=O) groups excluding carboxylic acids is 2. The van der Waals surface area contributed by atoms with Crippen molar-refractivity contribution in [2.75, 3.05) is 6.61 Å². The summed E-state index contributed by atoms with van der Waals surface area (Å²) in [5, 5.41) is 0. The molecule has 0 aliphatic heterocycles. The summed E-state index contributed by atoms with van der Waals surface area (Å²) >= 11 is 3.42. The van der Waals surface area contributed by atoms with E-state index in [9.17, 15) is 9.59 Å². The summed E-state index contributed by atoms with van der Waals surface area (Å²) in [5.74, 6) is -0.430. The summed E-state index contributed by atoms with van der Waals surface area (Å²) in [6, 6.07) is 5.49. The minimum absolute atomic E-state index is 0.0475. The quantitative estimate of drug-likeness (QED) is 0.666. The Morgan fingerprint density at radius 3 is 2.71 bits per heavy atom. The van der Waals surface area contributed by atoms with Crippen LogP contribution >= 0.6 is 15.9 Å². The van der Waals surface area contributed by atoms with E-state index >= 15 is 0 Å². The Labute approximate surface area is 130 Å². The first-order valence-electron chi connectivity index (χ1n) is 6.68. The lowest BCUT2D eigenvalue weighted by Gasteiger charge is -2.07. The number of hydrogen-bond acceptors (Lipinski definition) is 3. The van der Waals surface area contributed by atoms with Gasteiger partial charge in [0.25, 0.3) is 0 Å². The molecule has 21 heavy (non-hydrogen) atoms. The Balaban J connectivity index is 2.34. The van der Waals surface area contributed by atoms with E-state index < -0.39 is 0 Å². The molecule has 5 heteroatoms. The summed E-state index contributed by atoms with van der Waals surface area (Å²) in [6.45, 7) is 3.91. The first kappa shape index (κ1) is 14.1. The Bertz CT molecular complexity index is 789. The minimum atomic E-state index is -0.382. The number of rotatable bonds is 2. The molecule has 0 N–H and O–H groups in total. The van der Waals surface area contributed by atoms with Gasteiger partial charge in [0, 0.05) is 28.3 Å². The van der Waals surface area contributed by atoms with Crippen LogP contribution in [0.25, 0.3) is 11.1 Å². The predicted octanol–water partition coefficient (Wildman–Crippen LogP) is 3.48. The molecule has 0 bridgehead atoms. The summed E-state index contributed by atoms with van der Waals surface area (Å²) in [7, 11) is 1.80. The van der Waals surface area contributed by atoms with E-state index in [4.69, 9.17) is 4.74 Å². The van der Waals surface area contributed by atoms with Gasteiger partial charge in [-0.25, -0.2) is 4.79 Å². The van der Waals surface area contributed by atoms with Crippen molar-refractivity contribution >= 4 is 27.7 Å². The van der Waals surface area contributed by atoms with Crippen molar-refractivity contribution in [2.24, 2.45) is 7.05 Å². The van der Waals surface area contributed by atoms with E-state index in [2.05, 4.69) is 15.9 Å². The largest absolute Gasteiger partial charge is 0.462 e. The fourth-order valence-electron chi connectivity index (χ4n) is 2.83. The molecule has 1 aromatic carbocycles. The molecule has 0 spiro atoms. The summed E-state index contributed by atoms with van der Waals surface area (Å²) < 4.78 is 7.80. The number of ether oxygens (including phenoxy) is 1. The third-order valence-electron chi connectivity index (χ3n) is 3.88. The lowest BCUT2D eigenvalue weighted by Crippen LogP contribution is -2.08. The number of carbonyl (C=O) groups is 2. The van der Waals surface area contributed by atoms with Crippen LogP contribution in [0.5, 0.6) is 0 Å². The number of ketones is 1. The molecule has 4 nitrogen and oxygen atoms in total. The topological polar surface area (TPSA) is 48.3 Å². The average Bonchev–Trinajstić information content (AvgIpc) is 2.86. The highest BCUT2D eigenvalue weighted by molar-refractivity contribution is 9.10. The molecule has 1 aliphatic carbocycles. The lowest BCUT2D eigenvalue weighted by molar-refractivity contribution is 0.0526. The van der Waals surface area contributed by atoms with E-state index in [1.165, 1.54) is 0 Å². The SMILES string of the molecule is CCOC(=O)c1c2c(n(C)c1C)C(=O)c1ccc(Br)cc1-2. The first-order valence-corrected chi connectivity index (χ1v) is 7.47. The van der Waals surface area contributed by atoms with Crippen LogP contribution in [0.15, 0.2) is 22.7 Å². The van der Waals surface area contributed by atoms with E-state index in [-0.39, 0.29) is 11.8 Å². The van der Waals surface area contributed by atoms with Crippen LogP contribution in [0.1, 0.15) is 39.0 Å². The highest BCUT2D eigenvalue weighted by Gasteiger charge is 2.36. The van der Waals surface area contributed by atoms with Gasteiger partial charge in [0.05, 0.1) is 17.9 Å². The molecule has 0 fully saturated rings. The number of benzene rings is 1. The number of halogens is 1. The minimum Gasteiger partial charge on any atom is -0.462 e. The Morgan fingerprint density at radius 1 is 1.33 bits per heavy atom. The van der Waals surface area contributed by atoms with Crippen molar-refractivity contribution in [3.8, 4) is 11.1 Å². The van der Waals surface area contributed by atoms with Crippen molar-refractivity contribution in [3.05, 3.63) is 45.2 Å². The van der Waals surface area contributed by atoms with Gasteiger partial charge >= 0.3 is 5.97 Å². The number of fused-ring (bicyclic) bond motifs is 3. The van der Waals surface area contributed by atoms with Crippen molar-refractivity contribution < 1.29 is 14.3 Å². The highest BCUT2D eigenvalue weighted by atomic mass is 79.9. The molecule has 1 aromatic heterocycles. The second-order valence-corrected chi connectivity index (χ2v) is 5.90. The molecule has 1 aliphatic rings. The highest BCUT2D eigenvalue weighted by Crippen LogP contribution is 2.42. The summed E-state index contributed by atoms with van der Waals surface area (Å²) in [5.41, 5.74) is 3.90. The maximum absolute atomic E-state index is 12.6. The zero-order chi connectivity index (χ0) is 15.3.